The van der Waals surface area contributed by atoms with E-state index >= 15 is 0 Å². The van der Waals surface area contributed by atoms with Gasteiger partial charge in [-0.1, -0.05) is 31.4 Å². The molecule has 4 nitrogen and oxygen atoms in total. The monoisotopic (exact) mass is 311 g/mol. The third-order valence-electron chi connectivity index (χ3n) is 4.10. The summed E-state index contributed by atoms with van der Waals surface area (Å²) in [4.78, 5) is 9.06. The predicted octanol–water partition coefficient (Wildman–Crippen LogP) is 4.68. The minimum absolute atomic E-state index is 0.166. The molecule has 122 valence electrons. The van der Waals surface area contributed by atoms with Gasteiger partial charge >= 0.3 is 0 Å². The van der Waals surface area contributed by atoms with Crippen LogP contribution in [0.4, 0.5) is 5.95 Å². The second-order valence-corrected chi connectivity index (χ2v) is 6.44. The number of aromatic nitrogens is 2. The molecule has 1 N–H and O–H groups in total. The Morgan fingerprint density at radius 2 is 1.96 bits per heavy atom. The zero-order chi connectivity index (χ0) is 16.1. The molecule has 0 aliphatic heterocycles. The van der Waals surface area contributed by atoms with Gasteiger partial charge in [-0.2, -0.15) is 0 Å². The number of anilines is 1. The van der Waals surface area contributed by atoms with E-state index < -0.39 is 0 Å². The topological polar surface area (TPSA) is 47.0 Å². The Kier molecular flexibility index (Phi) is 5.11. The highest BCUT2D eigenvalue weighted by Crippen LogP contribution is 2.25. The highest BCUT2D eigenvalue weighted by Gasteiger charge is 2.14. The normalized spacial score (nSPS) is 15.6. The van der Waals surface area contributed by atoms with Crippen LogP contribution < -0.4 is 10.1 Å². The van der Waals surface area contributed by atoms with Crippen LogP contribution in [0.2, 0.25) is 0 Å². The lowest BCUT2D eigenvalue weighted by molar-refractivity contribution is 0.242. The molecule has 0 saturated heterocycles. The summed E-state index contributed by atoms with van der Waals surface area (Å²) in [7, 11) is 0. The third-order valence-corrected chi connectivity index (χ3v) is 4.10. The van der Waals surface area contributed by atoms with E-state index in [1.54, 1.807) is 0 Å². The maximum atomic E-state index is 5.77. The molecule has 1 saturated carbocycles. The molecule has 3 rings (SSSR count). The van der Waals surface area contributed by atoms with Crippen molar-refractivity contribution < 1.29 is 4.74 Å². The average molecular weight is 311 g/mol. The smallest absolute Gasteiger partial charge is 0.223 e. The van der Waals surface area contributed by atoms with E-state index in [1.807, 2.05) is 44.3 Å². The summed E-state index contributed by atoms with van der Waals surface area (Å²) in [5.74, 6) is 1.60. The summed E-state index contributed by atoms with van der Waals surface area (Å²) in [6, 6.07) is 10.5. The summed E-state index contributed by atoms with van der Waals surface area (Å²) < 4.78 is 5.77. The molecule has 1 fully saturated rings. The van der Waals surface area contributed by atoms with Crippen LogP contribution in [0.5, 0.6) is 5.75 Å². The first-order valence-electron chi connectivity index (χ1n) is 8.57. The molecule has 0 amide bonds. The van der Waals surface area contributed by atoms with Crippen LogP contribution in [-0.2, 0) is 0 Å². The van der Waals surface area contributed by atoms with Gasteiger partial charge in [0.15, 0.2) is 0 Å². The van der Waals surface area contributed by atoms with Crippen molar-refractivity contribution in [3.63, 3.8) is 0 Å². The molecule has 1 aliphatic carbocycles. The fourth-order valence-corrected chi connectivity index (χ4v) is 3.02. The van der Waals surface area contributed by atoms with E-state index in [2.05, 4.69) is 21.4 Å². The van der Waals surface area contributed by atoms with Gasteiger partial charge in [-0.3, -0.25) is 0 Å². The molecule has 0 radical (unpaired) electrons. The quantitative estimate of drug-likeness (QED) is 0.871. The molecule has 1 heterocycles. The molecule has 0 atom stereocenters. The lowest BCUT2D eigenvalue weighted by Gasteiger charge is -2.22. The van der Waals surface area contributed by atoms with Gasteiger partial charge in [-0.25, -0.2) is 9.97 Å². The molecule has 0 spiro atoms. The minimum Gasteiger partial charge on any atom is -0.491 e. The summed E-state index contributed by atoms with van der Waals surface area (Å²) in [6.07, 6.45) is 8.36. The average Bonchev–Trinajstić information content (AvgIpc) is 2.56. The zero-order valence-corrected chi connectivity index (χ0v) is 14.0. The number of benzene rings is 1. The Labute approximate surface area is 138 Å². The summed E-state index contributed by atoms with van der Waals surface area (Å²) in [5.41, 5.74) is 1.98. The Morgan fingerprint density at radius 3 is 2.74 bits per heavy atom. The van der Waals surface area contributed by atoms with E-state index in [0.29, 0.717) is 6.04 Å². The van der Waals surface area contributed by atoms with Gasteiger partial charge in [0.25, 0.3) is 0 Å². The Balaban J connectivity index is 1.76. The fraction of sp³-hybridized carbons (Fsp3) is 0.474. The van der Waals surface area contributed by atoms with Crippen molar-refractivity contribution in [1.82, 2.24) is 9.97 Å². The van der Waals surface area contributed by atoms with E-state index in [9.17, 15) is 0 Å². The Bertz CT molecular complexity index is 636. The van der Waals surface area contributed by atoms with E-state index in [1.165, 1.54) is 32.1 Å². The fourth-order valence-electron chi connectivity index (χ4n) is 3.02. The zero-order valence-electron chi connectivity index (χ0n) is 14.0. The first kappa shape index (κ1) is 15.8. The Morgan fingerprint density at radius 1 is 1.13 bits per heavy atom. The number of nitrogens with zero attached hydrogens (tertiary/aromatic N) is 2. The number of hydrogen-bond acceptors (Lipinski definition) is 4. The van der Waals surface area contributed by atoms with Crippen LogP contribution in [0.3, 0.4) is 0 Å². The lowest BCUT2D eigenvalue weighted by Crippen LogP contribution is -2.23. The summed E-state index contributed by atoms with van der Waals surface area (Å²) >= 11 is 0. The number of ether oxygens (including phenoxy) is 1. The highest BCUT2D eigenvalue weighted by atomic mass is 16.5. The van der Waals surface area contributed by atoms with Gasteiger partial charge in [0, 0.05) is 17.8 Å². The largest absolute Gasteiger partial charge is 0.491 e. The molecule has 2 aromatic rings. The van der Waals surface area contributed by atoms with Crippen molar-refractivity contribution in [3.05, 3.63) is 36.5 Å². The Hall–Kier alpha value is -2.10. The third kappa shape index (κ3) is 4.44. The second-order valence-electron chi connectivity index (χ2n) is 6.44. The molecule has 1 aromatic carbocycles. The van der Waals surface area contributed by atoms with Crippen LogP contribution in [0.25, 0.3) is 11.3 Å². The van der Waals surface area contributed by atoms with Crippen LogP contribution in [0, 0.1) is 0 Å². The van der Waals surface area contributed by atoms with Crippen molar-refractivity contribution >= 4 is 5.95 Å². The maximum absolute atomic E-state index is 5.77. The van der Waals surface area contributed by atoms with Crippen LogP contribution in [0.1, 0.15) is 46.0 Å². The van der Waals surface area contributed by atoms with Crippen molar-refractivity contribution in [2.24, 2.45) is 0 Å². The first-order valence-corrected chi connectivity index (χ1v) is 8.57. The predicted molar refractivity (Wildman–Crippen MR) is 93.7 cm³/mol. The van der Waals surface area contributed by atoms with E-state index in [-0.39, 0.29) is 6.10 Å². The SMILES string of the molecule is CC(C)Oc1cccc(-c2ccnc(NC3CCCCC3)n2)c1. The van der Waals surface area contributed by atoms with Crippen LogP contribution in [-0.4, -0.2) is 22.1 Å². The second kappa shape index (κ2) is 7.44. The number of hydrogen-bond donors (Lipinski definition) is 1. The first-order chi connectivity index (χ1) is 11.2. The van der Waals surface area contributed by atoms with Gasteiger partial charge in [0.1, 0.15) is 5.75 Å². The molecule has 1 aliphatic rings. The van der Waals surface area contributed by atoms with Crippen LogP contribution >= 0.6 is 0 Å². The molecule has 0 bridgehead atoms. The van der Waals surface area contributed by atoms with Crippen molar-refractivity contribution in [2.75, 3.05) is 5.32 Å². The van der Waals surface area contributed by atoms with Crippen LogP contribution in [0.15, 0.2) is 36.5 Å². The molecule has 4 heteroatoms. The lowest BCUT2D eigenvalue weighted by atomic mass is 9.96. The number of nitrogens with one attached hydrogen (secondary N) is 1. The van der Waals surface area contributed by atoms with Gasteiger partial charge in [-0.05, 0) is 44.9 Å². The number of rotatable bonds is 5. The van der Waals surface area contributed by atoms with E-state index in [0.717, 1.165) is 23.0 Å². The van der Waals surface area contributed by atoms with Gasteiger partial charge in [0.05, 0.1) is 11.8 Å². The van der Waals surface area contributed by atoms with Gasteiger partial charge < -0.3 is 10.1 Å². The van der Waals surface area contributed by atoms with Crippen molar-refractivity contribution in [1.29, 1.82) is 0 Å². The molecular formula is C19H25N3O. The van der Waals surface area contributed by atoms with Gasteiger partial charge in [0.2, 0.25) is 5.95 Å². The van der Waals surface area contributed by atoms with Crippen molar-refractivity contribution in [2.45, 2.75) is 58.1 Å². The summed E-state index contributed by atoms with van der Waals surface area (Å²) in [6.45, 7) is 4.06. The van der Waals surface area contributed by atoms with Gasteiger partial charge in [-0.15, -0.1) is 0 Å². The molecule has 0 unspecified atom stereocenters. The highest BCUT2D eigenvalue weighted by molar-refractivity contribution is 5.62. The molecular weight excluding hydrogens is 286 g/mol. The molecule has 1 aromatic heterocycles. The summed E-state index contributed by atoms with van der Waals surface area (Å²) in [5, 5.41) is 3.48. The van der Waals surface area contributed by atoms with Crippen molar-refractivity contribution in [3.8, 4) is 17.0 Å². The minimum atomic E-state index is 0.166. The molecule has 23 heavy (non-hydrogen) atoms. The maximum Gasteiger partial charge on any atom is 0.223 e. The van der Waals surface area contributed by atoms with E-state index in [4.69, 9.17) is 4.74 Å². The standard InChI is InChI=1S/C19H25N3O/c1-14(2)23-17-10-6-7-15(13-17)18-11-12-20-19(22-18)21-16-8-4-3-5-9-16/h6-7,10-14,16H,3-5,8-9H2,1-2H3,(H,20,21,22).